The van der Waals surface area contributed by atoms with E-state index in [1.54, 1.807) is 34.8 Å². The van der Waals surface area contributed by atoms with Gasteiger partial charge in [-0.1, -0.05) is 19.9 Å². The van der Waals surface area contributed by atoms with E-state index < -0.39 is 30.4 Å². The first-order valence-corrected chi connectivity index (χ1v) is 15.7. The molecule has 9 nitrogen and oxygen atoms in total. The Morgan fingerprint density at radius 2 is 1.53 bits per heavy atom. The van der Waals surface area contributed by atoms with Crippen LogP contribution in [0.3, 0.4) is 0 Å². The summed E-state index contributed by atoms with van der Waals surface area (Å²) in [5.74, 6) is -1.22. The van der Waals surface area contributed by atoms with Crippen molar-refractivity contribution in [2.75, 3.05) is 31.6 Å². The van der Waals surface area contributed by atoms with Gasteiger partial charge in [-0.3, -0.25) is 19.1 Å². The molecule has 2 aromatic rings. The maximum atomic E-state index is 15.3. The minimum absolute atomic E-state index is 0.0119. The lowest BCUT2D eigenvalue weighted by Crippen LogP contribution is -2.50. The van der Waals surface area contributed by atoms with Crippen molar-refractivity contribution in [1.82, 2.24) is 20.0 Å². The zero-order chi connectivity index (χ0) is 33.3. The number of nitrogens with zero attached hydrogens (tertiary/aromatic N) is 3. The monoisotopic (exact) mass is 639 g/mol. The van der Waals surface area contributed by atoms with Crippen molar-refractivity contribution in [2.45, 2.75) is 85.0 Å². The van der Waals surface area contributed by atoms with E-state index in [4.69, 9.17) is 4.74 Å². The van der Waals surface area contributed by atoms with Crippen molar-refractivity contribution >= 4 is 23.4 Å². The van der Waals surface area contributed by atoms with Crippen LogP contribution in [0.15, 0.2) is 30.5 Å². The summed E-state index contributed by atoms with van der Waals surface area (Å²) in [5, 5.41) is 9.97. The smallest absolute Gasteiger partial charge is 0.378 e. The van der Waals surface area contributed by atoms with Crippen LogP contribution in [0.1, 0.15) is 88.3 Å². The molecule has 5 rings (SSSR count). The van der Waals surface area contributed by atoms with E-state index >= 15 is 4.39 Å². The fourth-order valence-electron chi connectivity index (χ4n) is 5.66. The van der Waals surface area contributed by atoms with E-state index in [0.717, 1.165) is 25.7 Å². The first kappa shape index (κ1) is 36.0. The summed E-state index contributed by atoms with van der Waals surface area (Å²) in [7, 11) is 0. The molecule has 2 unspecified atom stereocenters. The average Bonchev–Trinajstić information content (AvgIpc) is 3.97. The van der Waals surface area contributed by atoms with Crippen LogP contribution in [0.25, 0.3) is 0 Å². The average molecular weight is 640 g/mol. The first-order chi connectivity index (χ1) is 21.5. The topological polar surface area (TPSA) is 106 Å². The number of amides is 3. The second-order valence-electron chi connectivity index (χ2n) is 11.6. The molecule has 3 fully saturated rings. The molecule has 1 aromatic heterocycles. The van der Waals surface area contributed by atoms with Gasteiger partial charge in [0.1, 0.15) is 17.6 Å². The van der Waals surface area contributed by atoms with Gasteiger partial charge in [0.05, 0.1) is 24.8 Å². The zero-order valence-electron chi connectivity index (χ0n) is 26.6. The molecule has 1 saturated heterocycles. The molecule has 250 valence electrons. The number of carbonyl (C=O) groups excluding carboxylic acids is 3. The van der Waals surface area contributed by atoms with Gasteiger partial charge in [0.2, 0.25) is 11.8 Å². The third-order valence-electron chi connectivity index (χ3n) is 8.12. The van der Waals surface area contributed by atoms with Crippen LogP contribution in [0.2, 0.25) is 0 Å². The lowest BCUT2D eigenvalue weighted by Gasteiger charge is -2.29. The number of nitrogens with one attached hydrogen (secondary N) is 2. The highest BCUT2D eigenvalue weighted by molar-refractivity contribution is 6.01. The lowest BCUT2D eigenvalue weighted by molar-refractivity contribution is -0.136. The molecular formula is C32H45F4N5O4. The molecule has 0 radical (unpaired) electrons. The molecule has 2 aliphatic carbocycles. The Hall–Kier alpha value is -3.48. The van der Waals surface area contributed by atoms with E-state index in [1.165, 1.54) is 12.1 Å². The van der Waals surface area contributed by atoms with Crippen molar-refractivity contribution in [3.63, 3.8) is 0 Å². The maximum absolute atomic E-state index is 15.3. The van der Waals surface area contributed by atoms with E-state index in [1.807, 2.05) is 27.7 Å². The summed E-state index contributed by atoms with van der Waals surface area (Å²) in [6, 6.07) is 5.34. The fraction of sp³-hybridized carbons (Fsp3) is 0.625. The van der Waals surface area contributed by atoms with Crippen LogP contribution < -0.4 is 10.6 Å². The molecule has 2 saturated carbocycles. The Kier molecular flexibility index (Phi) is 13.4. The van der Waals surface area contributed by atoms with Gasteiger partial charge in [0, 0.05) is 25.3 Å². The van der Waals surface area contributed by atoms with Crippen molar-refractivity contribution in [2.24, 2.45) is 17.8 Å². The number of alkyl halides is 3. The van der Waals surface area contributed by atoms with Gasteiger partial charge in [-0.15, -0.1) is 0 Å². The van der Waals surface area contributed by atoms with E-state index in [0.29, 0.717) is 49.4 Å². The van der Waals surface area contributed by atoms with Crippen molar-refractivity contribution in [3.05, 3.63) is 47.5 Å². The number of halogens is 4. The number of carbonyl (C=O) groups is 3. The predicted molar refractivity (Wildman–Crippen MR) is 162 cm³/mol. The van der Waals surface area contributed by atoms with Crippen LogP contribution in [-0.2, 0) is 14.3 Å². The number of benzene rings is 1. The highest BCUT2D eigenvalue weighted by Crippen LogP contribution is 2.51. The number of anilines is 1. The summed E-state index contributed by atoms with van der Waals surface area (Å²) in [6.45, 7) is 8.01. The minimum atomic E-state index is -3.67. The molecule has 1 aromatic carbocycles. The quantitative estimate of drug-likeness (QED) is 0.313. The van der Waals surface area contributed by atoms with Crippen molar-refractivity contribution in [3.8, 4) is 0 Å². The summed E-state index contributed by atoms with van der Waals surface area (Å²) in [6.07, 6.45) is 5.70. The molecule has 45 heavy (non-hydrogen) atoms. The lowest BCUT2D eigenvalue weighted by atomic mass is 9.88. The molecule has 0 spiro atoms. The van der Waals surface area contributed by atoms with E-state index in [-0.39, 0.29) is 29.5 Å². The van der Waals surface area contributed by atoms with Gasteiger partial charge in [0.15, 0.2) is 0 Å². The first-order valence-electron chi connectivity index (χ1n) is 15.7. The number of hydrogen-bond acceptors (Lipinski definition) is 5. The summed E-state index contributed by atoms with van der Waals surface area (Å²) < 4.78 is 51.2. The van der Waals surface area contributed by atoms with Gasteiger partial charge in [0.25, 0.3) is 5.91 Å². The highest BCUT2D eigenvalue weighted by Gasteiger charge is 2.48. The molecule has 1 aliphatic heterocycles. The Morgan fingerprint density at radius 1 is 0.956 bits per heavy atom. The summed E-state index contributed by atoms with van der Waals surface area (Å²) in [4.78, 5) is 41.5. The van der Waals surface area contributed by atoms with Gasteiger partial charge in [-0.05, 0) is 88.0 Å². The van der Waals surface area contributed by atoms with Crippen LogP contribution in [-0.4, -0.2) is 71.4 Å². The number of rotatable bonds is 10. The maximum Gasteiger partial charge on any atom is 0.379 e. The minimum Gasteiger partial charge on any atom is -0.378 e. The second-order valence-corrected chi connectivity index (χ2v) is 11.6. The number of hydrogen-bond donors (Lipinski definition) is 2. The number of aromatic nitrogens is 2. The van der Waals surface area contributed by atoms with Crippen molar-refractivity contribution in [1.29, 1.82) is 0 Å². The van der Waals surface area contributed by atoms with E-state index in [2.05, 4.69) is 15.7 Å². The normalized spacial score (nSPS) is 17.6. The Labute approximate surface area is 262 Å². The number of ether oxygens (including phenoxy) is 1. The fourth-order valence-corrected chi connectivity index (χ4v) is 5.66. The standard InChI is InChI=1S/C29H38FN5O4.C2H6.CHF3/c1-17(2)35-24(10-11-31-35)27(36)33-26(25(19-4-5-19)20-6-7-20)28(37)32-23-9-8-21(16-22(23)30)18(3)29(38)34-12-14-39-15-13-34;1-2;2-1(3)4/h8-11,16-20,25-26H,4-7,12-15H2,1-3H3,(H,32,37)(H,33,36);1-2H3;1H. The van der Waals surface area contributed by atoms with Gasteiger partial charge in [-0.25, -0.2) is 4.39 Å². The van der Waals surface area contributed by atoms with E-state index in [9.17, 15) is 27.6 Å². The Bertz CT molecular complexity index is 1260. The molecule has 3 amide bonds. The Balaban J connectivity index is 0.000000853. The number of morpholine rings is 1. The Morgan fingerprint density at radius 3 is 2.04 bits per heavy atom. The third-order valence-corrected chi connectivity index (χ3v) is 8.12. The van der Waals surface area contributed by atoms with Crippen LogP contribution in [0.5, 0.6) is 0 Å². The SMILES string of the molecule is CC.CC(C(=O)N1CCOCC1)c1ccc(NC(=O)C(NC(=O)c2ccnn2C(C)C)C(C2CC2)C2CC2)c(F)c1.FC(F)F. The van der Waals surface area contributed by atoms with Gasteiger partial charge < -0.3 is 20.3 Å². The highest BCUT2D eigenvalue weighted by atomic mass is 19.4. The third kappa shape index (κ3) is 10.0. The molecule has 13 heteroatoms. The molecule has 2 heterocycles. The molecule has 3 aliphatic rings. The predicted octanol–water partition coefficient (Wildman–Crippen LogP) is 5.94. The van der Waals surface area contributed by atoms with Crippen LogP contribution >= 0.6 is 0 Å². The van der Waals surface area contributed by atoms with Gasteiger partial charge in [-0.2, -0.15) is 18.3 Å². The van der Waals surface area contributed by atoms with Crippen LogP contribution in [0, 0.1) is 23.6 Å². The van der Waals surface area contributed by atoms with Crippen molar-refractivity contribution < 1.29 is 36.7 Å². The summed E-state index contributed by atoms with van der Waals surface area (Å²) in [5.41, 5.74) is 0.969. The molecule has 0 bridgehead atoms. The zero-order valence-corrected chi connectivity index (χ0v) is 26.6. The molecular weight excluding hydrogens is 594 g/mol. The molecule has 2 N–H and O–H groups in total. The largest absolute Gasteiger partial charge is 0.379 e. The molecule has 2 atom stereocenters. The summed E-state index contributed by atoms with van der Waals surface area (Å²) >= 11 is 0. The second kappa shape index (κ2) is 16.7. The van der Waals surface area contributed by atoms with Gasteiger partial charge >= 0.3 is 6.68 Å². The van der Waals surface area contributed by atoms with Crippen LogP contribution in [0.4, 0.5) is 23.2 Å².